The minimum absolute atomic E-state index is 0.420. The Kier molecular flexibility index (Phi) is 3.60. The van der Waals surface area contributed by atoms with Gasteiger partial charge in [0.25, 0.3) is 0 Å². The Morgan fingerprint density at radius 1 is 1.32 bits per heavy atom. The molecule has 0 aliphatic carbocycles. The van der Waals surface area contributed by atoms with Crippen LogP contribution in [0.15, 0.2) is 30.5 Å². The molecule has 1 fully saturated rings. The van der Waals surface area contributed by atoms with Crippen LogP contribution >= 0.6 is 0 Å². The highest BCUT2D eigenvalue weighted by Crippen LogP contribution is 2.18. The molecule has 2 atom stereocenters. The van der Waals surface area contributed by atoms with Crippen LogP contribution in [0.4, 0.5) is 5.82 Å². The Balaban J connectivity index is 1.73. The van der Waals surface area contributed by atoms with Gasteiger partial charge in [0.15, 0.2) is 0 Å². The van der Waals surface area contributed by atoms with E-state index in [9.17, 15) is 0 Å². The average Bonchev–Trinajstić information content (AvgIpc) is 2.48. The molecule has 4 heteroatoms. The Bertz CT molecular complexity index is 549. The smallest absolute Gasteiger partial charge is 0.145 e. The van der Waals surface area contributed by atoms with Crippen LogP contribution in [0, 0.1) is 5.92 Å². The Labute approximate surface area is 113 Å². The lowest BCUT2D eigenvalue weighted by Gasteiger charge is -2.29. The predicted octanol–water partition coefficient (Wildman–Crippen LogP) is 2.43. The van der Waals surface area contributed by atoms with Crippen molar-refractivity contribution in [3.8, 4) is 0 Å². The van der Waals surface area contributed by atoms with Crippen molar-refractivity contribution in [2.45, 2.75) is 25.8 Å². The molecule has 0 radical (unpaired) electrons. The number of piperidine rings is 1. The summed E-state index contributed by atoms with van der Waals surface area (Å²) in [7, 11) is 0. The normalized spacial score (nSPS) is 21.2. The Hall–Kier alpha value is -1.68. The van der Waals surface area contributed by atoms with Gasteiger partial charge in [-0.3, -0.25) is 4.98 Å². The van der Waals surface area contributed by atoms with Crippen molar-refractivity contribution in [2.24, 2.45) is 5.92 Å². The highest BCUT2D eigenvalue weighted by Gasteiger charge is 2.19. The number of benzene rings is 1. The number of hydrogen-bond acceptors (Lipinski definition) is 4. The number of aromatic nitrogens is 2. The number of anilines is 1. The summed E-state index contributed by atoms with van der Waals surface area (Å²) in [4.78, 5) is 9.05. The third-order valence-corrected chi connectivity index (χ3v) is 3.87. The number of hydrogen-bond donors (Lipinski definition) is 2. The van der Waals surface area contributed by atoms with Crippen molar-refractivity contribution in [1.29, 1.82) is 0 Å². The molecule has 4 nitrogen and oxygen atoms in total. The molecule has 3 rings (SSSR count). The van der Waals surface area contributed by atoms with Crippen LogP contribution < -0.4 is 10.6 Å². The molecule has 0 saturated carbocycles. The highest BCUT2D eigenvalue weighted by atomic mass is 15.0. The van der Waals surface area contributed by atoms with E-state index in [1.54, 1.807) is 0 Å². The molecule has 0 spiro atoms. The topological polar surface area (TPSA) is 49.8 Å². The Morgan fingerprint density at radius 2 is 2.16 bits per heavy atom. The Morgan fingerprint density at radius 3 is 2.95 bits per heavy atom. The lowest BCUT2D eigenvalue weighted by molar-refractivity contribution is 0.346. The van der Waals surface area contributed by atoms with Crippen LogP contribution in [0.1, 0.15) is 19.8 Å². The SMILES string of the molecule is CC(Nc1cnc2ccccc2n1)C1CCCNC1. The van der Waals surface area contributed by atoms with E-state index in [0.29, 0.717) is 12.0 Å². The van der Waals surface area contributed by atoms with E-state index in [-0.39, 0.29) is 0 Å². The van der Waals surface area contributed by atoms with Crippen molar-refractivity contribution in [3.63, 3.8) is 0 Å². The zero-order chi connectivity index (χ0) is 13.1. The third kappa shape index (κ3) is 2.84. The van der Waals surface area contributed by atoms with E-state index in [1.807, 2.05) is 30.5 Å². The van der Waals surface area contributed by atoms with Gasteiger partial charge >= 0.3 is 0 Å². The van der Waals surface area contributed by atoms with Crippen molar-refractivity contribution < 1.29 is 0 Å². The molecule has 100 valence electrons. The fraction of sp³-hybridized carbons (Fsp3) is 0.467. The van der Waals surface area contributed by atoms with Gasteiger partial charge in [0.05, 0.1) is 17.2 Å². The number of nitrogens with one attached hydrogen (secondary N) is 2. The maximum absolute atomic E-state index is 4.62. The largest absolute Gasteiger partial charge is 0.366 e. The van der Waals surface area contributed by atoms with Crippen LogP contribution in [0.3, 0.4) is 0 Å². The third-order valence-electron chi connectivity index (χ3n) is 3.87. The second-order valence-electron chi connectivity index (χ2n) is 5.28. The van der Waals surface area contributed by atoms with Gasteiger partial charge in [0, 0.05) is 6.04 Å². The van der Waals surface area contributed by atoms with Crippen LogP contribution in [0.2, 0.25) is 0 Å². The van der Waals surface area contributed by atoms with Gasteiger partial charge < -0.3 is 10.6 Å². The minimum Gasteiger partial charge on any atom is -0.366 e. The van der Waals surface area contributed by atoms with Crippen molar-refractivity contribution >= 4 is 16.9 Å². The first kappa shape index (κ1) is 12.4. The summed E-state index contributed by atoms with van der Waals surface area (Å²) >= 11 is 0. The van der Waals surface area contributed by atoms with E-state index in [2.05, 4.69) is 27.5 Å². The molecule has 1 saturated heterocycles. The van der Waals surface area contributed by atoms with Crippen LogP contribution in [-0.2, 0) is 0 Å². The summed E-state index contributed by atoms with van der Waals surface area (Å²) in [6.07, 6.45) is 4.37. The first-order chi connectivity index (χ1) is 9.33. The number of para-hydroxylation sites is 2. The average molecular weight is 256 g/mol. The van der Waals surface area contributed by atoms with Gasteiger partial charge in [-0.15, -0.1) is 0 Å². The number of rotatable bonds is 3. The molecule has 0 bridgehead atoms. The lowest BCUT2D eigenvalue weighted by atomic mass is 9.93. The van der Waals surface area contributed by atoms with E-state index in [0.717, 1.165) is 29.9 Å². The summed E-state index contributed by atoms with van der Waals surface area (Å²) in [5.74, 6) is 1.54. The van der Waals surface area contributed by atoms with Gasteiger partial charge in [0.1, 0.15) is 5.82 Å². The van der Waals surface area contributed by atoms with Gasteiger partial charge in [-0.05, 0) is 50.9 Å². The monoisotopic (exact) mass is 256 g/mol. The summed E-state index contributed by atoms with van der Waals surface area (Å²) < 4.78 is 0. The molecule has 1 aromatic heterocycles. The van der Waals surface area contributed by atoms with E-state index in [1.165, 1.54) is 12.8 Å². The van der Waals surface area contributed by atoms with Crippen molar-refractivity contribution in [3.05, 3.63) is 30.5 Å². The maximum atomic E-state index is 4.62. The van der Waals surface area contributed by atoms with Crippen LogP contribution in [-0.4, -0.2) is 29.1 Å². The second-order valence-corrected chi connectivity index (χ2v) is 5.28. The fourth-order valence-corrected chi connectivity index (χ4v) is 2.68. The number of fused-ring (bicyclic) bond motifs is 1. The molecule has 1 aromatic carbocycles. The first-order valence-corrected chi connectivity index (χ1v) is 7.02. The van der Waals surface area contributed by atoms with E-state index >= 15 is 0 Å². The summed E-state index contributed by atoms with van der Waals surface area (Å²) in [5, 5.41) is 6.95. The molecule has 1 aliphatic rings. The number of nitrogens with zero attached hydrogens (tertiary/aromatic N) is 2. The molecule has 2 unspecified atom stereocenters. The maximum Gasteiger partial charge on any atom is 0.145 e. The molecule has 0 amide bonds. The molecule has 2 aromatic rings. The van der Waals surface area contributed by atoms with E-state index in [4.69, 9.17) is 0 Å². The molecule has 19 heavy (non-hydrogen) atoms. The molecular formula is C15H20N4. The summed E-state index contributed by atoms with van der Waals surface area (Å²) in [6, 6.07) is 8.39. The molecular weight excluding hydrogens is 236 g/mol. The van der Waals surface area contributed by atoms with Crippen molar-refractivity contribution in [2.75, 3.05) is 18.4 Å². The van der Waals surface area contributed by atoms with E-state index < -0.39 is 0 Å². The quantitative estimate of drug-likeness (QED) is 0.885. The standard InChI is InChI=1S/C15H20N4/c1-11(12-5-4-8-16-9-12)18-15-10-17-13-6-2-3-7-14(13)19-15/h2-3,6-7,10-12,16H,4-5,8-9H2,1H3,(H,18,19). The van der Waals surface area contributed by atoms with Gasteiger partial charge in [-0.2, -0.15) is 0 Å². The highest BCUT2D eigenvalue weighted by molar-refractivity contribution is 5.75. The second kappa shape index (κ2) is 5.53. The molecule has 1 aliphatic heterocycles. The fourth-order valence-electron chi connectivity index (χ4n) is 2.68. The predicted molar refractivity (Wildman–Crippen MR) is 78.2 cm³/mol. The first-order valence-electron chi connectivity index (χ1n) is 7.02. The van der Waals surface area contributed by atoms with Crippen LogP contribution in [0.25, 0.3) is 11.0 Å². The zero-order valence-corrected chi connectivity index (χ0v) is 11.3. The molecule has 2 N–H and O–H groups in total. The van der Waals surface area contributed by atoms with Crippen molar-refractivity contribution in [1.82, 2.24) is 15.3 Å². The van der Waals surface area contributed by atoms with Gasteiger partial charge in [-0.1, -0.05) is 12.1 Å². The van der Waals surface area contributed by atoms with Gasteiger partial charge in [0.2, 0.25) is 0 Å². The molecule has 2 heterocycles. The zero-order valence-electron chi connectivity index (χ0n) is 11.3. The lowest BCUT2D eigenvalue weighted by Crippen LogP contribution is -2.38. The van der Waals surface area contributed by atoms with Gasteiger partial charge in [-0.25, -0.2) is 4.98 Å². The summed E-state index contributed by atoms with van der Waals surface area (Å²) in [6.45, 7) is 4.47. The van der Waals surface area contributed by atoms with Crippen LogP contribution in [0.5, 0.6) is 0 Å². The summed E-state index contributed by atoms with van der Waals surface area (Å²) in [5.41, 5.74) is 1.89. The minimum atomic E-state index is 0.420.